The van der Waals surface area contributed by atoms with Crippen molar-refractivity contribution in [2.75, 3.05) is 5.75 Å². The van der Waals surface area contributed by atoms with E-state index < -0.39 is 12.0 Å². The maximum absolute atomic E-state index is 12.4. The van der Waals surface area contributed by atoms with Crippen LogP contribution in [0.2, 0.25) is 0 Å². The fraction of sp³-hybridized carbons (Fsp3) is 0.615. The van der Waals surface area contributed by atoms with Gasteiger partial charge in [-0.05, 0) is 12.8 Å². The first-order chi connectivity index (χ1) is 9.90. The number of carbonyl (C=O) groups is 2. The highest BCUT2D eigenvalue weighted by atomic mass is 32.2. The Morgan fingerprint density at radius 1 is 1.57 bits per heavy atom. The van der Waals surface area contributed by atoms with Crippen LogP contribution in [-0.4, -0.2) is 44.2 Å². The van der Waals surface area contributed by atoms with Gasteiger partial charge < -0.3 is 10.4 Å². The molecule has 1 aliphatic rings. The Morgan fingerprint density at radius 2 is 2.29 bits per heavy atom. The van der Waals surface area contributed by atoms with Gasteiger partial charge in [0.1, 0.15) is 6.04 Å². The summed E-state index contributed by atoms with van der Waals surface area (Å²) >= 11 is 3.04. The Labute approximate surface area is 131 Å². The molecule has 2 unspecified atom stereocenters. The Bertz CT molecular complexity index is 532. The van der Waals surface area contributed by atoms with E-state index in [4.69, 9.17) is 0 Å². The molecule has 1 fully saturated rings. The van der Waals surface area contributed by atoms with E-state index in [1.165, 1.54) is 28.0 Å². The van der Waals surface area contributed by atoms with E-state index in [-0.39, 0.29) is 17.3 Å². The number of aliphatic carboxylic acids is 1. The smallest absolute Gasteiger partial charge is 0.327 e. The second-order valence-electron chi connectivity index (χ2n) is 5.25. The number of rotatable bonds is 4. The van der Waals surface area contributed by atoms with Gasteiger partial charge in [0, 0.05) is 11.1 Å². The van der Waals surface area contributed by atoms with E-state index >= 15 is 0 Å². The number of thioether (sulfide) groups is 1. The zero-order chi connectivity index (χ0) is 15.6. The third kappa shape index (κ3) is 3.68. The molecule has 2 amide bonds. The summed E-state index contributed by atoms with van der Waals surface area (Å²) in [5.41, 5.74) is 0.797. The molecule has 6 nitrogen and oxygen atoms in total. The Balaban J connectivity index is 2.04. The quantitative estimate of drug-likeness (QED) is 0.884. The number of carboxylic acid groups (broad SMARTS) is 1. The molecule has 0 aliphatic carbocycles. The van der Waals surface area contributed by atoms with Crippen molar-refractivity contribution in [3.63, 3.8) is 0 Å². The van der Waals surface area contributed by atoms with Crippen LogP contribution in [0, 0.1) is 12.8 Å². The second-order valence-corrected chi connectivity index (χ2v) is 7.46. The number of hydrogen-bond donors (Lipinski definition) is 2. The van der Waals surface area contributed by atoms with E-state index in [1.54, 1.807) is 0 Å². The van der Waals surface area contributed by atoms with Crippen LogP contribution in [0.4, 0.5) is 4.79 Å². The largest absolute Gasteiger partial charge is 0.480 e. The molecule has 0 aromatic carbocycles. The lowest BCUT2D eigenvalue weighted by atomic mass is 10.2. The summed E-state index contributed by atoms with van der Waals surface area (Å²) in [5.74, 6) is -0.321. The van der Waals surface area contributed by atoms with Crippen LogP contribution in [0.1, 0.15) is 24.5 Å². The molecule has 2 rings (SSSR count). The van der Waals surface area contributed by atoms with Gasteiger partial charge in [0.15, 0.2) is 0 Å². The van der Waals surface area contributed by atoms with Crippen molar-refractivity contribution in [3.05, 3.63) is 16.1 Å². The standard InChI is InChI=1S/C13H19N3O3S2/c1-7(2)11-16(10(6-21-11)12(17)18)13(19)14-4-9-5-20-8(3)15-9/h5,7,10-11H,4,6H2,1-3H3,(H,14,19)(H,17,18). The molecular formula is C13H19N3O3S2. The van der Waals surface area contributed by atoms with Crippen molar-refractivity contribution in [3.8, 4) is 0 Å². The van der Waals surface area contributed by atoms with Gasteiger partial charge in [-0.15, -0.1) is 23.1 Å². The zero-order valence-electron chi connectivity index (χ0n) is 12.2. The van der Waals surface area contributed by atoms with Gasteiger partial charge in [0.05, 0.1) is 22.6 Å². The molecule has 1 aromatic heterocycles. The van der Waals surface area contributed by atoms with Crippen molar-refractivity contribution in [1.29, 1.82) is 0 Å². The summed E-state index contributed by atoms with van der Waals surface area (Å²) in [5, 5.41) is 14.8. The van der Waals surface area contributed by atoms with Crippen molar-refractivity contribution in [2.24, 2.45) is 5.92 Å². The number of carbonyl (C=O) groups excluding carboxylic acids is 1. The molecule has 2 N–H and O–H groups in total. The zero-order valence-corrected chi connectivity index (χ0v) is 13.8. The lowest BCUT2D eigenvalue weighted by molar-refractivity contribution is -0.141. The normalized spacial score (nSPS) is 21.8. The SMILES string of the molecule is Cc1nc(CNC(=O)N2C(C(=O)O)CSC2C(C)C)cs1. The highest BCUT2D eigenvalue weighted by Crippen LogP contribution is 2.34. The Morgan fingerprint density at radius 3 is 2.81 bits per heavy atom. The Hall–Kier alpha value is -1.28. The predicted octanol–water partition coefficient (Wildman–Crippen LogP) is 2.15. The summed E-state index contributed by atoms with van der Waals surface area (Å²) in [6.45, 7) is 6.21. The predicted molar refractivity (Wildman–Crippen MR) is 83.4 cm³/mol. The number of hydrogen-bond acceptors (Lipinski definition) is 5. The van der Waals surface area contributed by atoms with Crippen LogP contribution < -0.4 is 5.32 Å². The fourth-order valence-corrected chi connectivity index (χ4v) is 4.32. The first-order valence-corrected chi connectivity index (χ1v) is 8.64. The van der Waals surface area contributed by atoms with Gasteiger partial charge in [-0.25, -0.2) is 14.6 Å². The molecule has 0 bridgehead atoms. The molecule has 21 heavy (non-hydrogen) atoms. The van der Waals surface area contributed by atoms with Gasteiger partial charge in [-0.2, -0.15) is 0 Å². The molecule has 0 radical (unpaired) electrons. The van der Waals surface area contributed by atoms with Crippen molar-refractivity contribution >= 4 is 35.1 Å². The third-order valence-corrected chi connectivity index (χ3v) is 5.66. The van der Waals surface area contributed by atoms with Crippen LogP contribution in [0.15, 0.2) is 5.38 Å². The minimum absolute atomic E-state index is 0.108. The molecule has 1 saturated heterocycles. The van der Waals surface area contributed by atoms with Crippen LogP contribution in [0.5, 0.6) is 0 Å². The third-order valence-electron chi connectivity index (χ3n) is 3.21. The molecule has 1 aromatic rings. The lowest BCUT2D eigenvalue weighted by Crippen LogP contribution is -2.51. The highest BCUT2D eigenvalue weighted by molar-refractivity contribution is 8.00. The number of aromatic nitrogens is 1. The topological polar surface area (TPSA) is 82.5 Å². The number of nitrogens with zero attached hydrogens (tertiary/aromatic N) is 2. The van der Waals surface area contributed by atoms with Crippen LogP contribution in [-0.2, 0) is 11.3 Å². The number of nitrogens with one attached hydrogen (secondary N) is 1. The number of urea groups is 1. The van der Waals surface area contributed by atoms with Crippen LogP contribution >= 0.6 is 23.1 Å². The van der Waals surface area contributed by atoms with Crippen molar-refractivity contribution in [2.45, 2.75) is 38.7 Å². The van der Waals surface area contributed by atoms with E-state index in [1.807, 2.05) is 26.2 Å². The molecule has 2 atom stereocenters. The number of amides is 2. The fourth-order valence-electron chi connectivity index (χ4n) is 2.24. The van der Waals surface area contributed by atoms with Gasteiger partial charge in [-0.3, -0.25) is 4.90 Å². The van der Waals surface area contributed by atoms with Gasteiger partial charge in [-0.1, -0.05) is 13.8 Å². The lowest BCUT2D eigenvalue weighted by Gasteiger charge is -2.29. The number of aryl methyl sites for hydroxylation is 1. The van der Waals surface area contributed by atoms with E-state index in [0.717, 1.165) is 10.7 Å². The minimum atomic E-state index is -0.953. The Kier molecular flexibility index (Phi) is 5.10. The van der Waals surface area contributed by atoms with Gasteiger partial charge in [0.25, 0.3) is 0 Å². The van der Waals surface area contributed by atoms with E-state index in [9.17, 15) is 14.7 Å². The van der Waals surface area contributed by atoms with Crippen LogP contribution in [0.3, 0.4) is 0 Å². The molecular weight excluding hydrogens is 310 g/mol. The number of carboxylic acids is 1. The molecule has 8 heteroatoms. The average molecular weight is 329 g/mol. The maximum Gasteiger partial charge on any atom is 0.327 e. The maximum atomic E-state index is 12.4. The molecule has 116 valence electrons. The van der Waals surface area contributed by atoms with Crippen LogP contribution in [0.25, 0.3) is 0 Å². The van der Waals surface area contributed by atoms with Gasteiger partial charge in [0.2, 0.25) is 0 Å². The number of thiazole rings is 1. The van der Waals surface area contributed by atoms with E-state index in [2.05, 4.69) is 10.3 Å². The molecule has 1 aliphatic heterocycles. The average Bonchev–Trinajstić information content (AvgIpc) is 3.01. The molecule has 0 saturated carbocycles. The van der Waals surface area contributed by atoms with Crippen molar-refractivity contribution < 1.29 is 14.7 Å². The van der Waals surface area contributed by atoms with Gasteiger partial charge >= 0.3 is 12.0 Å². The van der Waals surface area contributed by atoms with Crippen molar-refractivity contribution in [1.82, 2.24) is 15.2 Å². The first kappa shape index (κ1) is 16.1. The summed E-state index contributed by atoms with van der Waals surface area (Å²) < 4.78 is 0. The second kappa shape index (κ2) is 6.65. The van der Waals surface area contributed by atoms with E-state index in [0.29, 0.717) is 12.3 Å². The molecule has 0 spiro atoms. The highest BCUT2D eigenvalue weighted by Gasteiger charge is 2.42. The summed E-state index contributed by atoms with van der Waals surface area (Å²) in [7, 11) is 0. The molecule has 2 heterocycles. The first-order valence-electron chi connectivity index (χ1n) is 6.71. The summed E-state index contributed by atoms with van der Waals surface area (Å²) in [6, 6.07) is -1.10. The summed E-state index contributed by atoms with van der Waals surface area (Å²) in [6.07, 6.45) is 0. The monoisotopic (exact) mass is 329 g/mol. The summed E-state index contributed by atoms with van der Waals surface area (Å²) in [4.78, 5) is 29.4. The minimum Gasteiger partial charge on any atom is -0.480 e.